The van der Waals surface area contributed by atoms with Crippen molar-refractivity contribution >= 4 is 10.1 Å². The number of aliphatic hydroxyl groups is 1. The van der Waals surface area contributed by atoms with E-state index in [1.807, 2.05) is 0 Å². The summed E-state index contributed by atoms with van der Waals surface area (Å²) in [5.41, 5.74) is 0. The summed E-state index contributed by atoms with van der Waals surface area (Å²) in [4.78, 5) is 0. The molecular formula is C15H33NaO4S. The molecule has 0 heterocycles. The largest absolute Gasteiger partial charge is 1.00 e. The zero-order valence-electron chi connectivity index (χ0n) is 14.0. The van der Waals surface area contributed by atoms with E-state index in [9.17, 15) is 8.42 Å². The van der Waals surface area contributed by atoms with Crippen molar-refractivity contribution in [1.29, 1.82) is 0 Å². The molecule has 0 spiro atoms. The minimum atomic E-state index is -3.92. The van der Waals surface area contributed by atoms with Crippen LogP contribution in [0.4, 0.5) is 0 Å². The molecule has 0 atom stereocenters. The van der Waals surface area contributed by atoms with Crippen LogP contribution in [0.2, 0.25) is 0 Å². The fraction of sp³-hybridized carbons (Fsp3) is 0.933. The van der Waals surface area contributed by atoms with Gasteiger partial charge in [-0.25, -0.2) is 0 Å². The fourth-order valence-corrected chi connectivity index (χ4v) is 2.01. The maximum absolute atomic E-state index is 9.63. The Labute approximate surface area is 154 Å². The zero-order chi connectivity index (χ0) is 15.7. The van der Waals surface area contributed by atoms with E-state index < -0.39 is 22.5 Å². The number of aliphatic hydroxyl groups excluding tert-OH is 1. The van der Waals surface area contributed by atoms with Crippen LogP contribution in [0.1, 0.15) is 77.6 Å². The zero-order valence-corrected chi connectivity index (χ0v) is 16.8. The van der Waals surface area contributed by atoms with E-state index in [0.29, 0.717) is 0 Å². The van der Waals surface area contributed by atoms with Crippen LogP contribution in [0.5, 0.6) is 0 Å². The van der Waals surface area contributed by atoms with Crippen molar-refractivity contribution in [2.75, 3.05) is 12.4 Å². The molecule has 2 N–H and O–H groups in total. The minimum absolute atomic E-state index is 0. The van der Waals surface area contributed by atoms with Crippen LogP contribution in [0.25, 0.3) is 0 Å². The maximum atomic E-state index is 9.63. The Morgan fingerprint density at radius 3 is 1.48 bits per heavy atom. The van der Waals surface area contributed by atoms with Gasteiger partial charge in [0.1, 0.15) is 0 Å². The summed E-state index contributed by atoms with van der Waals surface area (Å²) >= 11 is 0. The van der Waals surface area contributed by atoms with Gasteiger partial charge in [0.25, 0.3) is 10.1 Å². The molecule has 0 aliphatic carbocycles. The van der Waals surface area contributed by atoms with E-state index >= 15 is 0 Å². The van der Waals surface area contributed by atoms with Gasteiger partial charge >= 0.3 is 29.6 Å². The van der Waals surface area contributed by atoms with E-state index in [1.165, 1.54) is 64.2 Å². The van der Waals surface area contributed by atoms with Crippen molar-refractivity contribution in [1.82, 2.24) is 0 Å². The molecule has 0 rings (SSSR count). The number of hydrogen-bond donors (Lipinski definition) is 2. The molecule has 0 saturated heterocycles. The van der Waals surface area contributed by atoms with Crippen LogP contribution in [0, 0.1) is 6.92 Å². The molecule has 0 aliphatic heterocycles. The Balaban J connectivity index is -0.000000347. The van der Waals surface area contributed by atoms with Crippen LogP contribution in [-0.2, 0) is 10.1 Å². The molecule has 0 radical (unpaired) electrons. The number of unbranched alkanes of at least 4 members (excludes halogenated alkanes) is 10. The average molecular weight is 332 g/mol. The van der Waals surface area contributed by atoms with Gasteiger partial charge in [-0.2, -0.15) is 14.8 Å². The average Bonchev–Trinajstić information content (AvgIpc) is 2.36. The van der Waals surface area contributed by atoms with Gasteiger partial charge < -0.3 is 12.0 Å². The normalized spacial score (nSPS) is 10.5. The summed E-state index contributed by atoms with van der Waals surface area (Å²) in [6, 6.07) is 0. The second-order valence-corrected chi connectivity index (χ2v) is 6.62. The van der Waals surface area contributed by atoms with Crippen LogP contribution in [-0.4, -0.2) is 30.4 Å². The molecule has 0 bridgehead atoms. The van der Waals surface area contributed by atoms with Crippen molar-refractivity contribution in [2.45, 2.75) is 77.6 Å². The molecule has 0 aliphatic rings. The summed E-state index contributed by atoms with van der Waals surface area (Å²) in [7, 11) is -3.92. The van der Waals surface area contributed by atoms with Crippen molar-refractivity contribution < 1.29 is 47.6 Å². The van der Waals surface area contributed by atoms with E-state index in [1.54, 1.807) is 0 Å². The predicted molar refractivity (Wildman–Crippen MR) is 85.3 cm³/mol. The van der Waals surface area contributed by atoms with E-state index in [4.69, 9.17) is 9.66 Å². The summed E-state index contributed by atoms with van der Waals surface area (Å²) in [5.74, 6) is -0.576. The Kier molecular flexibility index (Phi) is 26.6. The van der Waals surface area contributed by atoms with Crippen molar-refractivity contribution in [3.05, 3.63) is 6.92 Å². The van der Waals surface area contributed by atoms with Crippen molar-refractivity contribution in [3.63, 3.8) is 0 Å². The van der Waals surface area contributed by atoms with Gasteiger partial charge in [-0.3, -0.25) is 4.55 Å². The van der Waals surface area contributed by atoms with Crippen molar-refractivity contribution in [3.8, 4) is 0 Å². The molecule has 0 aromatic carbocycles. The van der Waals surface area contributed by atoms with E-state index in [0.717, 1.165) is 6.42 Å². The Hall–Kier alpha value is 0.870. The Morgan fingerprint density at radius 1 is 0.857 bits per heavy atom. The smallest absolute Gasteiger partial charge is 0.395 e. The van der Waals surface area contributed by atoms with Crippen LogP contribution < -0.4 is 29.6 Å². The number of rotatable bonds is 12. The first-order chi connectivity index (χ1) is 9.47. The standard InChI is InChI=1S/C13H27.C2H6O4S.Na/c1-3-5-7-9-11-13-12-10-8-6-4-2;3-1-2-7(4,5)6;/h1,3-13H2,2H3;3H,1-2H2,(H,4,5,6);/q-1;;+1. The van der Waals surface area contributed by atoms with E-state index in [-0.39, 0.29) is 29.6 Å². The van der Waals surface area contributed by atoms with Gasteiger partial charge in [-0.15, -0.1) is 0 Å². The van der Waals surface area contributed by atoms with Gasteiger partial charge in [0.05, 0.1) is 12.4 Å². The molecule has 124 valence electrons. The number of hydrogen-bond acceptors (Lipinski definition) is 3. The third-order valence-electron chi connectivity index (χ3n) is 2.95. The van der Waals surface area contributed by atoms with Gasteiger partial charge in [0.15, 0.2) is 0 Å². The SMILES string of the molecule is O=S(=O)(O)CCO.[CH2-]CCCCCCCCCCCC.[Na+]. The van der Waals surface area contributed by atoms with Gasteiger partial charge in [0.2, 0.25) is 0 Å². The first-order valence-electron chi connectivity index (χ1n) is 7.83. The second-order valence-electron chi connectivity index (χ2n) is 5.05. The van der Waals surface area contributed by atoms with Crippen LogP contribution in [0.3, 0.4) is 0 Å². The first-order valence-corrected chi connectivity index (χ1v) is 9.44. The molecule has 4 nitrogen and oxygen atoms in total. The van der Waals surface area contributed by atoms with E-state index in [2.05, 4.69) is 13.8 Å². The fourth-order valence-electron chi connectivity index (χ4n) is 1.78. The molecule has 0 saturated carbocycles. The Morgan fingerprint density at radius 2 is 1.24 bits per heavy atom. The summed E-state index contributed by atoms with van der Waals surface area (Å²) in [5, 5.41) is 7.86. The van der Waals surface area contributed by atoms with Gasteiger partial charge in [0, 0.05) is 0 Å². The third-order valence-corrected chi connectivity index (χ3v) is 3.65. The third kappa shape index (κ3) is 33.6. The summed E-state index contributed by atoms with van der Waals surface area (Å²) < 4.78 is 27.1. The molecule has 0 fully saturated rings. The predicted octanol–water partition coefficient (Wildman–Crippen LogP) is 1.00. The maximum Gasteiger partial charge on any atom is 1.00 e. The van der Waals surface area contributed by atoms with Crippen molar-refractivity contribution in [2.24, 2.45) is 0 Å². The topological polar surface area (TPSA) is 74.6 Å². The second kappa shape index (κ2) is 20.9. The molecule has 0 aromatic rings. The molecule has 6 heteroatoms. The summed E-state index contributed by atoms with van der Waals surface area (Å²) in [6.45, 7) is 5.60. The molecular weight excluding hydrogens is 299 g/mol. The van der Waals surface area contributed by atoms with Crippen LogP contribution >= 0.6 is 0 Å². The summed E-state index contributed by atoms with van der Waals surface area (Å²) in [6.07, 6.45) is 15.4. The first kappa shape index (κ1) is 26.8. The monoisotopic (exact) mass is 332 g/mol. The molecule has 21 heavy (non-hydrogen) atoms. The quantitative estimate of drug-likeness (QED) is 0.242. The molecule has 0 amide bonds. The molecule has 0 aromatic heterocycles. The van der Waals surface area contributed by atoms with Crippen LogP contribution in [0.15, 0.2) is 0 Å². The minimum Gasteiger partial charge on any atom is -0.395 e. The Bertz CT molecular complexity index is 259. The van der Waals surface area contributed by atoms with Gasteiger partial charge in [-0.05, 0) is 0 Å². The van der Waals surface area contributed by atoms with Gasteiger partial charge in [-0.1, -0.05) is 71.1 Å². The molecule has 0 unspecified atom stereocenters.